The lowest BCUT2D eigenvalue weighted by Gasteiger charge is -2.58. The first-order valence-corrected chi connectivity index (χ1v) is 17.0. The molecule has 0 aromatic rings. The fourth-order valence-corrected chi connectivity index (χ4v) is 17.4. The normalized spacial score (nSPS) is 13.4. The van der Waals surface area contributed by atoms with Crippen LogP contribution in [-0.4, -0.2) is 14.7 Å². The number of hydrogen-bond donors (Lipinski definition) is 0. The molecular weight excluding hydrogens is 448 g/mol. The van der Waals surface area contributed by atoms with E-state index in [1.54, 1.807) is 0 Å². The first-order chi connectivity index (χ1) is 14.7. The minimum Gasteiger partial charge on any atom is -0.126 e. The second-order valence-corrected chi connectivity index (χ2v) is 18.4. The molecule has 188 valence electrons. The fourth-order valence-electron chi connectivity index (χ4n) is 5.27. The van der Waals surface area contributed by atoms with Gasteiger partial charge in [-0.05, 0) is 38.5 Å². The Balaban J connectivity index is 6.57. The van der Waals surface area contributed by atoms with Gasteiger partial charge >= 0.3 is 0 Å². The van der Waals surface area contributed by atoms with Crippen LogP contribution in [-0.2, 0) is 0 Å². The Hall–Kier alpha value is 1.72. The van der Waals surface area contributed by atoms with Crippen LogP contribution >= 0.6 is 35.6 Å². The molecule has 3 unspecified atom stereocenters. The molecular formula is C27H60P4. The van der Waals surface area contributed by atoms with Crippen molar-refractivity contribution in [3.05, 3.63) is 0 Å². The molecule has 3 atom stereocenters. The lowest BCUT2D eigenvalue weighted by molar-refractivity contribution is 0.506. The maximum absolute atomic E-state index is 3.57. The predicted octanol–water partition coefficient (Wildman–Crippen LogP) is 11.3. The summed E-state index contributed by atoms with van der Waals surface area (Å²) in [6, 6.07) is 0. The van der Waals surface area contributed by atoms with Crippen molar-refractivity contribution < 1.29 is 0 Å². The van der Waals surface area contributed by atoms with Crippen LogP contribution in [0.25, 0.3) is 0 Å². The van der Waals surface area contributed by atoms with E-state index in [9.17, 15) is 0 Å². The Kier molecular flexibility index (Phi) is 19.1. The molecule has 0 saturated carbocycles. The Morgan fingerprint density at radius 3 is 0.677 bits per heavy atom. The second kappa shape index (κ2) is 18.1. The van der Waals surface area contributed by atoms with Crippen molar-refractivity contribution in [1.29, 1.82) is 0 Å². The van der Waals surface area contributed by atoms with Crippen LogP contribution < -0.4 is 0 Å². The van der Waals surface area contributed by atoms with Crippen molar-refractivity contribution in [2.75, 3.05) is 0 Å². The zero-order valence-corrected chi connectivity index (χ0v) is 26.8. The molecule has 0 saturated heterocycles. The van der Waals surface area contributed by atoms with Gasteiger partial charge in [0.05, 0.1) is 0 Å². The summed E-state index contributed by atoms with van der Waals surface area (Å²) in [6.45, 7) is 14.3. The molecule has 0 aliphatic heterocycles. The van der Waals surface area contributed by atoms with E-state index in [4.69, 9.17) is 0 Å². The highest BCUT2D eigenvalue weighted by molar-refractivity contribution is 7.78. The average molecular weight is 509 g/mol. The largest absolute Gasteiger partial charge is 0.126 e. The van der Waals surface area contributed by atoms with Crippen molar-refractivity contribution in [2.45, 2.75) is 172 Å². The lowest BCUT2D eigenvalue weighted by atomic mass is 10.1. The van der Waals surface area contributed by atoms with Crippen LogP contribution in [0.15, 0.2) is 0 Å². The summed E-state index contributed by atoms with van der Waals surface area (Å²) in [5.41, 5.74) is 0. The number of unbranched alkanes of at least 4 members (excludes halogenated alkanes) is 6. The Morgan fingerprint density at radius 1 is 0.387 bits per heavy atom. The zero-order valence-electron chi connectivity index (χ0n) is 22.4. The Bertz CT molecular complexity index is 338. The minimum atomic E-state index is -0.178. The van der Waals surface area contributed by atoms with Gasteiger partial charge in [-0.25, -0.2) is 0 Å². The van der Waals surface area contributed by atoms with Gasteiger partial charge in [-0.3, -0.25) is 0 Å². The summed E-state index contributed by atoms with van der Waals surface area (Å²) in [6.07, 6.45) is 24.7. The minimum absolute atomic E-state index is 0.178. The standard InChI is InChI=1S/C27H60P4/c1-7-13-19-25(28,20-14-8-2)31(26(29,21-15-9-3)22-16-10-4)27(30,23-17-11-5)24-18-12-6/h7-24,28-30H2,1-6H3. The van der Waals surface area contributed by atoms with E-state index < -0.39 is 0 Å². The molecule has 0 spiro atoms. The van der Waals surface area contributed by atoms with Crippen molar-refractivity contribution in [3.63, 3.8) is 0 Å². The van der Waals surface area contributed by atoms with Gasteiger partial charge in [0.1, 0.15) is 0 Å². The van der Waals surface area contributed by atoms with E-state index in [-0.39, 0.29) is 7.92 Å². The van der Waals surface area contributed by atoms with Crippen LogP contribution in [0.4, 0.5) is 0 Å². The predicted molar refractivity (Wildman–Crippen MR) is 161 cm³/mol. The average Bonchev–Trinajstić information content (AvgIpc) is 2.76. The molecule has 0 N–H and O–H groups in total. The molecule has 0 aliphatic rings. The third-order valence-electron chi connectivity index (χ3n) is 7.12. The Morgan fingerprint density at radius 2 is 0.548 bits per heavy atom. The SMILES string of the molecule is CCCCC(P)(CCCC)P(C(P)(CCCC)CCCC)C(P)(CCCC)CCCC. The molecule has 4 heteroatoms. The van der Waals surface area contributed by atoms with Crippen LogP contribution in [0.1, 0.15) is 157 Å². The van der Waals surface area contributed by atoms with E-state index in [1.807, 2.05) is 0 Å². The van der Waals surface area contributed by atoms with Crippen LogP contribution in [0.5, 0.6) is 0 Å². The molecule has 0 nitrogen and oxygen atoms in total. The molecule has 0 rings (SSSR count). The molecule has 0 aromatic carbocycles. The van der Waals surface area contributed by atoms with Crippen molar-refractivity contribution in [2.24, 2.45) is 0 Å². The number of rotatable bonds is 21. The monoisotopic (exact) mass is 508 g/mol. The van der Waals surface area contributed by atoms with E-state index in [1.165, 1.54) is 116 Å². The van der Waals surface area contributed by atoms with E-state index >= 15 is 0 Å². The highest BCUT2D eigenvalue weighted by atomic mass is 31.2. The first-order valence-electron chi connectivity index (χ1n) is 13.9. The van der Waals surface area contributed by atoms with Gasteiger partial charge in [-0.2, -0.15) is 0 Å². The lowest BCUT2D eigenvalue weighted by Crippen LogP contribution is -2.40. The highest BCUT2D eigenvalue weighted by Gasteiger charge is 2.52. The highest BCUT2D eigenvalue weighted by Crippen LogP contribution is 2.80. The molecule has 0 aliphatic carbocycles. The molecule has 0 heterocycles. The maximum Gasteiger partial charge on any atom is 0.00654 e. The van der Waals surface area contributed by atoms with Gasteiger partial charge in [0, 0.05) is 14.7 Å². The van der Waals surface area contributed by atoms with Gasteiger partial charge in [-0.1, -0.05) is 127 Å². The van der Waals surface area contributed by atoms with Crippen molar-refractivity contribution in [3.8, 4) is 0 Å². The van der Waals surface area contributed by atoms with Crippen LogP contribution in [0, 0.1) is 0 Å². The van der Waals surface area contributed by atoms with E-state index in [0.29, 0.717) is 14.7 Å². The smallest absolute Gasteiger partial charge is 0.00654 e. The summed E-state index contributed by atoms with van der Waals surface area (Å²) in [7, 11) is 10.5. The third kappa shape index (κ3) is 11.3. The molecule has 0 bridgehead atoms. The summed E-state index contributed by atoms with van der Waals surface area (Å²) >= 11 is 0. The van der Waals surface area contributed by atoms with Crippen LogP contribution in [0.2, 0.25) is 0 Å². The quantitative estimate of drug-likeness (QED) is 0.135. The topological polar surface area (TPSA) is 0 Å². The number of hydrogen-bond acceptors (Lipinski definition) is 0. The second-order valence-electron chi connectivity index (χ2n) is 10.3. The van der Waals surface area contributed by atoms with Crippen molar-refractivity contribution >= 4 is 35.6 Å². The Labute approximate surface area is 207 Å². The van der Waals surface area contributed by atoms with E-state index in [2.05, 4.69) is 69.3 Å². The molecule has 0 amide bonds. The third-order valence-corrected chi connectivity index (χ3v) is 15.2. The summed E-state index contributed by atoms with van der Waals surface area (Å²) in [5.74, 6) is 0. The fraction of sp³-hybridized carbons (Fsp3) is 1.00. The molecule has 0 aromatic heterocycles. The summed E-state index contributed by atoms with van der Waals surface area (Å²) in [5, 5.41) is 0. The summed E-state index contributed by atoms with van der Waals surface area (Å²) in [4.78, 5) is 1.27. The van der Waals surface area contributed by atoms with Gasteiger partial charge < -0.3 is 0 Å². The zero-order chi connectivity index (χ0) is 23.8. The van der Waals surface area contributed by atoms with Gasteiger partial charge in [-0.15, -0.1) is 27.7 Å². The molecule has 0 radical (unpaired) electrons. The molecule has 0 fully saturated rings. The van der Waals surface area contributed by atoms with Crippen LogP contribution in [0.3, 0.4) is 0 Å². The first kappa shape index (κ1) is 32.7. The van der Waals surface area contributed by atoms with Gasteiger partial charge in [0.25, 0.3) is 0 Å². The van der Waals surface area contributed by atoms with Gasteiger partial charge in [0.2, 0.25) is 0 Å². The van der Waals surface area contributed by atoms with Gasteiger partial charge in [0.15, 0.2) is 0 Å². The summed E-state index contributed by atoms with van der Waals surface area (Å²) < 4.78 is 0. The maximum atomic E-state index is 3.57. The molecule has 31 heavy (non-hydrogen) atoms. The van der Waals surface area contributed by atoms with Crippen molar-refractivity contribution in [1.82, 2.24) is 0 Å². The van der Waals surface area contributed by atoms with E-state index in [0.717, 1.165) is 0 Å².